The third kappa shape index (κ3) is 4.56. The van der Waals surface area contributed by atoms with Crippen molar-refractivity contribution in [2.24, 2.45) is 0 Å². The zero-order valence-electron chi connectivity index (χ0n) is 13.4. The van der Waals surface area contributed by atoms with Crippen molar-refractivity contribution >= 4 is 11.8 Å². The fourth-order valence-corrected chi connectivity index (χ4v) is 2.80. The molecule has 5 nitrogen and oxygen atoms in total. The summed E-state index contributed by atoms with van der Waals surface area (Å²) >= 11 is 0. The molecule has 0 spiro atoms. The number of benzene rings is 1. The lowest BCUT2D eigenvalue weighted by atomic mass is 10.0. The van der Waals surface area contributed by atoms with Gasteiger partial charge in [0.1, 0.15) is 0 Å². The number of piperazine rings is 1. The Morgan fingerprint density at radius 1 is 1.23 bits per heavy atom. The van der Waals surface area contributed by atoms with Gasteiger partial charge in [0.25, 0.3) is 0 Å². The fraction of sp³-hybridized carbons (Fsp3) is 0.529. The van der Waals surface area contributed by atoms with Gasteiger partial charge in [0, 0.05) is 32.1 Å². The van der Waals surface area contributed by atoms with E-state index in [0.29, 0.717) is 6.42 Å². The highest BCUT2D eigenvalue weighted by atomic mass is 16.2. The number of amides is 2. The van der Waals surface area contributed by atoms with Crippen LogP contribution in [0, 0.1) is 0 Å². The minimum Gasteiger partial charge on any atom is -0.347 e. The van der Waals surface area contributed by atoms with Crippen molar-refractivity contribution in [3.63, 3.8) is 0 Å². The highest BCUT2D eigenvalue weighted by Crippen LogP contribution is 2.14. The Kier molecular flexibility index (Phi) is 5.95. The molecule has 22 heavy (non-hydrogen) atoms. The maximum atomic E-state index is 12.4. The zero-order valence-corrected chi connectivity index (χ0v) is 13.4. The van der Waals surface area contributed by atoms with Gasteiger partial charge < -0.3 is 15.1 Å². The van der Waals surface area contributed by atoms with Crippen molar-refractivity contribution in [3.8, 4) is 0 Å². The molecular formula is C17H25N3O2. The minimum atomic E-state index is -0.0814. The monoisotopic (exact) mass is 303 g/mol. The van der Waals surface area contributed by atoms with Crippen molar-refractivity contribution in [3.05, 3.63) is 35.9 Å². The Labute approximate surface area is 132 Å². The van der Waals surface area contributed by atoms with E-state index in [9.17, 15) is 9.59 Å². The summed E-state index contributed by atoms with van der Waals surface area (Å²) in [6.45, 7) is 4.34. The Morgan fingerprint density at radius 2 is 1.95 bits per heavy atom. The summed E-state index contributed by atoms with van der Waals surface area (Å²) in [5.74, 6) is -0.0714. The van der Waals surface area contributed by atoms with Crippen LogP contribution < -0.4 is 5.32 Å². The number of hydrogen-bond donors (Lipinski definition) is 1. The molecule has 5 heteroatoms. The van der Waals surface area contributed by atoms with Gasteiger partial charge in [0.05, 0.1) is 6.54 Å². The van der Waals surface area contributed by atoms with Gasteiger partial charge in [-0.25, -0.2) is 0 Å². The number of nitrogens with one attached hydrogen (secondary N) is 1. The molecule has 0 bridgehead atoms. The quantitative estimate of drug-likeness (QED) is 0.879. The molecule has 1 aliphatic rings. The number of carbonyl (C=O) groups excluding carboxylic acids is 2. The third-order valence-corrected chi connectivity index (χ3v) is 4.08. The SMILES string of the molecule is CCC(=O)NCC(=O)N1CCN(C)C[C@H]1Cc1ccccc1. The Hall–Kier alpha value is -1.88. The molecule has 1 heterocycles. The van der Waals surface area contributed by atoms with Crippen LogP contribution in [0.15, 0.2) is 30.3 Å². The first kappa shape index (κ1) is 16.5. The van der Waals surface area contributed by atoms with Crippen LogP contribution in [0.25, 0.3) is 0 Å². The highest BCUT2D eigenvalue weighted by molar-refractivity contribution is 5.84. The normalized spacial score (nSPS) is 19.0. The topological polar surface area (TPSA) is 52.7 Å². The van der Waals surface area contributed by atoms with Crippen LogP contribution in [0.5, 0.6) is 0 Å². The van der Waals surface area contributed by atoms with Gasteiger partial charge in [0.15, 0.2) is 0 Å². The van der Waals surface area contributed by atoms with Crippen LogP contribution >= 0.6 is 0 Å². The summed E-state index contributed by atoms with van der Waals surface area (Å²) in [6, 6.07) is 10.4. The van der Waals surface area contributed by atoms with E-state index in [0.717, 1.165) is 26.1 Å². The third-order valence-electron chi connectivity index (χ3n) is 4.08. The average molecular weight is 303 g/mol. The highest BCUT2D eigenvalue weighted by Gasteiger charge is 2.28. The van der Waals surface area contributed by atoms with Crippen molar-refractivity contribution < 1.29 is 9.59 Å². The maximum Gasteiger partial charge on any atom is 0.242 e. The van der Waals surface area contributed by atoms with Gasteiger partial charge in [-0.1, -0.05) is 37.3 Å². The second kappa shape index (κ2) is 7.94. The first-order valence-corrected chi connectivity index (χ1v) is 7.88. The Morgan fingerprint density at radius 3 is 2.64 bits per heavy atom. The number of nitrogens with zero attached hydrogens (tertiary/aromatic N) is 2. The molecule has 1 saturated heterocycles. The van der Waals surface area contributed by atoms with E-state index in [4.69, 9.17) is 0 Å². The molecule has 0 radical (unpaired) electrons. The van der Waals surface area contributed by atoms with E-state index in [1.54, 1.807) is 6.92 Å². The zero-order chi connectivity index (χ0) is 15.9. The standard InChI is InChI=1S/C17H25N3O2/c1-3-16(21)18-12-17(22)20-10-9-19(2)13-15(20)11-14-7-5-4-6-8-14/h4-8,15H,3,9-13H2,1-2H3,(H,18,21)/t15-/m1/s1. The summed E-state index contributed by atoms with van der Waals surface area (Å²) in [7, 11) is 2.08. The molecule has 1 aromatic rings. The van der Waals surface area contributed by atoms with Crippen LogP contribution in [-0.4, -0.2) is 60.9 Å². The summed E-state index contributed by atoms with van der Waals surface area (Å²) in [4.78, 5) is 27.9. The van der Waals surface area contributed by atoms with Gasteiger partial charge in [-0.3, -0.25) is 9.59 Å². The fourth-order valence-electron chi connectivity index (χ4n) is 2.80. The van der Waals surface area contributed by atoms with Crippen LogP contribution in [0.1, 0.15) is 18.9 Å². The second-order valence-corrected chi connectivity index (χ2v) is 5.82. The molecule has 0 unspecified atom stereocenters. The molecule has 1 atom stereocenters. The van der Waals surface area contributed by atoms with Crippen molar-refractivity contribution in [2.45, 2.75) is 25.8 Å². The first-order valence-electron chi connectivity index (χ1n) is 7.88. The molecular weight excluding hydrogens is 278 g/mol. The number of rotatable bonds is 5. The van der Waals surface area contributed by atoms with E-state index in [2.05, 4.69) is 29.4 Å². The van der Waals surface area contributed by atoms with Crippen LogP contribution in [0.2, 0.25) is 0 Å². The first-order chi connectivity index (χ1) is 10.6. The van der Waals surface area contributed by atoms with Crippen LogP contribution in [0.4, 0.5) is 0 Å². The molecule has 0 aromatic heterocycles. The summed E-state index contributed by atoms with van der Waals surface area (Å²) in [5.41, 5.74) is 1.23. The lowest BCUT2D eigenvalue weighted by molar-refractivity contribution is -0.136. The summed E-state index contributed by atoms with van der Waals surface area (Å²) in [5, 5.41) is 2.68. The molecule has 1 fully saturated rings. The van der Waals surface area contributed by atoms with Gasteiger partial charge in [-0.05, 0) is 19.0 Å². The molecule has 1 aliphatic heterocycles. The van der Waals surface area contributed by atoms with Crippen molar-refractivity contribution in [1.82, 2.24) is 15.1 Å². The summed E-state index contributed by atoms with van der Waals surface area (Å²) in [6.07, 6.45) is 1.25. The minimum absolute atomic E-state index is 0.0100. The van der Waals surface area contributed by atoms with Gasteiger partial charge in [-0.2, -0.15) is 0 Å². The molecule has 2 amide bonds. The van der Waals surface area contributed by atoms with E-state index < -0.39 is 0 Å². The van der Waals surface area contributed by atoms with Gasteiger partial charge in [0.2, 0.25) is 11.8 Å². The number of likely N-dealkylation sites (N-methyl/N-ethyl adjacent to an activating group) is 1. The molecule has 2 rings (SSSR count). The molecule has 1 aromatic carbocycles. The summed E-state index contributed by atoms with van der Waals surface area (Å²) < 4.78 is 0. The molecule has 120 valence electrons. The Bertz CT molecular complexity index is 504. The smallest absolute Gasteiger partial charge is 0.242 e. The van der Waals surface area contributed by atoms with Crippen molar-refractivity contribution in [1.29, 1.82) is 0 Å². The maximum absolute atomic E-state index is 12.4. The van der Waals surface area contributed by atoms with Gasteiger partial charge >= 0.3 is 0 Å². The van der Waals surface area contributed by atoms with E-state index in [1.807, 2.05) is 23.1 Å². The largest absolute Gasteiger partial charge is 0.347 e. The Balaban J connectivity index is 2.00. The second-order valence-electron chi connectivity index (χ2n) is 5.82. The predicted octanol–water partition coefficient (Wildman–Crippen LogP) is 0.898. The lowest BCUT2D eigenvalue weighted by Crippen LogP contribution is -2.56. The molecule has 1 N–H and O–H groups in total. The molecule has 0 aliphatic carbocycles. The van der Waals surface area contributed by atoms with E-state index in [-0.39, 0.29) is 24.4 Å². The number of carbonyl (C=O) groups is 2. The van der Waals surface area contributed by atoms with Crippen molar-refractivity contribution in [2.75, 3.05) is 33.2 Å². The predicted molar refractivity (Wildman–Crippen MR) is 86.4 cm³/mol. The number of hydrogen-bond acceptors (Lipinski definition) is 3. The lowest BCUT2D eigenvalue weighted by Gasteiger charge is -2.40. The van der Waals surface area contributed by atoms with Gasteiger partial charge in [-0.15, -0.1) is 0 Å². The van der Waals surface area contributed by atoms with E-state index >= 15 is 0 Å². The molecule has 0 saturated carbocycles. The average Bonchev–Trinajstić information content (AvgIpc) is 2.53. The van der Waals surface area contributed by atoms with Crippen LogP contribution in [0.3, 0.4) is 0 Å². The van der Waals surface area contributed by atoms with E-state index in [1.165, 1.54) is 5.56 Å². The van der Waals surface area contributed by atoms with Crippen LogP contribution in [-0.2, 0) is 16.0 Å².